The van der Waals surface area contributed by atoms with Crippen molar-refractivity contribution >= 4 is 5.69 Å². The normalized spacial score (nSPS) is 15.2. The number of rotatable bonds is 3. The third-order valence-electron chi connectivity index (χ3n) is 3.33. The fraction of sp³-hybridized carbons (Fsp3) is 0.429. The van der Waals surface area contributed by atoms with E-state index in [4.69, 9.17) is 10.5 Å². The third kappa shape index (κ3) is 2.77. The highest BCUT2D eigenvalue weighted by Crippen LogP contribution is 2.25. The Hall–Kier alpha value is -2.00. The Kier molecular flexibility index (Phi) is 3.62. The number of hydrogen-bond donors (Lipinski definition) is 1. The standard InChI is InChI=1S/C14H15N3/c15-8-12-5-6-14(7-13(12)9-16)17-10-11-3-1-2-4-11/h5-7,11,17H,1-4,10H2. The van der Waals surface area contributed by atoms with Crippen LogP contribution in [-0.4, -0.2) is 6.54 Å². The van der Waals surface area contributed by atoms with Crippen LogP contribution in [0.25, 0.3) is 0 Å². The minimum absolute atomic E-state index is 0.443. The molecule has 0 atom stereocenters. The minimum Gasteiger partial charge on any atom is -0.385 e. The number of hydrogen-bond acceptors (Lipinski definition) is 3. The van der Waals surface area contributed by atoms with Crippen LogP contribution in [0.2, 0.25) is 0 Å². The van der Waals surface area contributed by atoms with Crippen LogP contribution in [0, 0.1) is 28.6 Å². The molecule has 17 heavy (non-hydrogen) atoms. The van der Waals surface area contributed by atoms with Crippen LogP contribution in [0.5, 0.6) is 0 Å². The lowest BCUT2D eigenvalue weighted by atomic mass is 10.1. The Balaban J connectivity index is 2.02. The smallest absolute Gasteiger partial charge is 0.101 e. The van der Waals surface area contributed by atoms with E-state index in [1.54, 1.807) is 12.1 Å². The molecule has 1 saturated carbocycles. The second-order valence-electron chi connectivity index (χ2n) is 4.52. The summed E-state index contributed by atoms with van der Waals surface area (Å²) < 4.78 is 0. The summed E-state index contributed by atoms with van der Waals surface area (Å²) in [5, 5.41) is 21.1. The van der Waals surface area contributed by atoms with E-state index in [0.29, 0.717) is 11.1 Å². The first kappa shape index (κ1) is 11.5. The second-order valence-corrected chi connectivity index (χ2v) is 4.52. The molecule has 0 aromatic heterocycles. The van der Waals surface area contributed by atoms with Crippen LogP contribution in [0.15, 0.2) is 18.2 Å². The topological polar surface area (TPSA) is 59.6 Å². The molecule has 1 aliphatic carbocycles. The van der Waals surface area contributed by atoms with Gasteiger partial charge in [0, 0.05) is 12.2 Å². The molecule has 1 aliphatic rings. The van der Waals surface area contributed by atoms with Gasteiger partial charge in [-0.25, -0.2) is 0 Å². The summed E-state index contributed by atoms with van der Waals surface area (Å²) >= 11 is 0. The average Bonchev–Trinajstić information content (AvgIpc) is 2.89. The maximum Gasteiger partial charge on any atom is 0.101 e. The van der Waals surface area contributed by atoms with Gasteiger partial charge in [-0.05, 0) is 37.0 Å². The van der Waals surface area contributed by atoms with Crippen molar-refractivity contribution in [2.45, 2.75) is 25.7 Å². The lowest BCUT2D eigenvalue weighted by Crippen LogP contribution is -2.11. The molecular weight excluding hydrogens is 210 g/mol. The van der Waals surface area contributed by atoms with Gasteiger partial charge in [-0.1, -0.05) is 12.8 Å². The van der Waals surface area contributed by atoms with Crippen LogP contribution in [0.3, 0.4) is 0 Å². The lowest BCUT2D eigenvalue weighted by molar-refractivity contribution is 0.580. The zero-order chi connectivity index (χ0) is 12.1. The molecule has 0 spiro atoms. The summed E-state index contributed by atoms with van der Waals surface area (Å²) in [4.78, 5) is 0. The third-order valence-corrected chi connectivity index (χ3v) is 3.33. The Labute approximate surface area is 102 Å². The highest BCUT2D eigenvalue weighted by Gasteiger charge is 2.14. The first-order valence-electron chi connectivity index (χ1n) is 6.01. The van der Waals surface area contributed by atoms with Gasteiger partial charge in [-0.3, -0.25) is 0 Å². The van der Waals surface area contributed by atoms with Crippen molar-refractivity contribution in [3.63, 3.8) is 0 Å². The largest absolute Gasteiger partial charge is 0.385 e. The van der Waals surface area contributed by atoms with Crippen molar-refractivity contribution in [3.8, 4) is 12.1 Å². The summed E-state index contributed by atoms with van der Waals surface area (Å²) in [5.41, 5.74) is 1.83. The van der Waals surface area contributed by atoms with Gasteiger partial charge in [0.2, 0.25) is 0 Å². The monoisotopic (exact) mass is 225 g/mol. The van der Waals surface area contributed by atoms with E-state index in [1.165, 1.54) is 25.7 Å². The predicted octanol–water partition coefficient (Wildman–Crippen LogP) is 3.03. The Morgan fingerprint density at radius 3 is 2.47 bits per heavy atom. The van der Waals surface area contributed by atoms with Gasteiger partial charge in [0.25, 0.3) is 0 Å². The number of anilines is 1. The van der Waals surface area contributed by atoms with Crippen LogP contribution >= 0.6 is 0 Å². The Morgan fingerprint density at radius 2 is 1.82 bits per heavy atom. The van der Waals surface area contributed by atoms with Crippen LogP contribution in [-0.2, 0) is 0 Å². The molecule has 0 saturated heterocycles. The van der Waals surface area contributed by atoms with Gasteiger partial charge in [0.15, 0.2) is 0 Å². The fourth-order valence-electron chi connectivity index (χ4n) is 2.32. The number of nitrogens with one attached hydrogen (secondary N) is 1. The molecule has 2 rings (SSSR count). The first-order chi connectivity index (χ1) is 8.33. The first-order valence-corrected chi connectivity index (χ1v) is 6.01. The van der Waals surface area contributed by atoms with Gasteiger partial charge in [0.1, 0.15) is 12.1 Å². The van der Waals surface area contributed by atoms with Crippen molar-refractivity contribution in [2.24, 2.45) is 5.92 Å². The van der Waals surface area contributed by atoms with Gasteiger partial charge in [-0.15, -0.1) is 0 Å². The number of benzene rings is 1. The fourth-order valence-corrected chi connectivity index (χ4v) is 2.32. The average molecular weight is 225 g/mol. The maximum absolute atomic E-state index is 8.92. The van der Waals surface area contributed by atoms with Crippen LogP contribution < -0.4 is 5.32 Å². The summed E-state index contributed by atoms with van der Waals surface area (Å²) in [6.07, 6.45) is 5.27. The molecule has 3 nitrogen and oxygen atoms in total. The van der Waals surface area contributed by atoms with E-state index < -0.39 is 0 Å². The zero-order valence-corrected chi connectivity index (χ0v) is 9.74. The second kappa shape index (κ2) is 5.37. The zero-order valence-electron chi connectivity index (χ0n) is 9.74. The van der Waals surface area contributed by atoms with E-state index in [-0.39, 0.29) is 0 Å². The van der Waals surface area contributed by atoms with Crippen molar-refractivity contribution in [3.05, 3.63) is 29.3 Å². The van der Waals surface area contributed by atoms with Crippen molar-refractivity contribution in [1.29, 1.82) is 10.5 Å². The molecule has 0 bridgehead atoms. The van der Waals surface area contributed by atoms with Crippen molar-refractivity contribution in [1.82, 2.24) is 0 Å². The Morgan fingerprint density at radius 1 is 1.12 bits per heavy atom. The molecule has 0 aliphatic heterocycles. The summed E-state index contributed by atoms with van der Waals surface area (Å²) in [7, 11) is 0. The molecule has 86 valence electrons. The minimum atomic E-state index is 0.443. The molecule has 1 aromatic rings. The molecule has 0 amide bonds. The van der Waals surface area contributed by atoms with E-state index in [2.05, 4.69) is 11.4 Å². The Bertz CT molecular complexity index is 473. The molecule has 1 N–H and O–H groups in total. The van der Waals surface area contributed by atoms with Crippen molar-refractivity contribution < 1.29 is 0 Å². The molecule has 1 aromatic carbocycles. The molecule has 0 radical (unpaired) electrons. The van der Waals surface area contributed by atoms with Crippen molar-refractivity contribution in [2.75, 3.05) is 11.9 Å². The SMILES string of the molecule is N#Cc1ccc(NCC2CCCC2)cc1C#N. The van der Waals surface area contributed by atoms with E-state index >= 15 is 0 Å². The van der Waals surface area contributed by atoms with Gasteiger partial charge >= 0.3 is 0 Å². The number of nitrogens with zero attached hydrogens (tertiary/aromatic N) is 2. The van der Waals surface area contributed by atoms with E-state index in [0.717, 1.165) is 18.2 Å². The lowest BCUT2D eigenvalue weighted by Gasteiger charge is -2.12. The summed E-state index contributed by atoms with van der Waals surface area (Å²) in [5.74, 6) is 0.760. The molecular formula is C14H15N3. The predicted molar refractivity (Wildman–Crippen MR) is 66.3 cm³/mol. The maximum atomic E-state index is 8.92. The van der Waals surface area contributed by atoms with Gasteiger partial charge in [-0.2, -0.15) is 10.5 Å². The molecule has 3 heteroatoms. The molecule has 0 heterocycles. The van der Waals surface area contributed by atoms with Crippen LogP contribution in [0.4, 0.5) is 5.69 Å². The quantitative estimate of drug-likeness (QED) is 0.860. The highest BCUT2D eigenvalue weighted by atomic mass is 14.9. The molecule has 0 unspecified atom stereocenters. The van der Waals surface area contributed by atoms with E-state index in [9.17, 15) is 0 Å². The van der Waals surface area contributed by atoms with Gasteiger partial charge in [0.05, 0.1) is 11.1 Å². The van der Waals surface area contributed by atoms with Gasteiger partial charge < -0.3 is 5.32 Å². The van der Waals surface area contributed by atoms with Crippen LogP contribution in [0.1, 0.15) is 36.8 Å². The highest BCUT2D eigenvalue weighted by molar-refractivity contribution is 5.56. The summed E-state index contributed by atoms with van der Waals surface area (Å²) in [6, 6.07) is 9.40. The number of nitriles is 2. The summed E-state index contributed by atoms with van der Waals surface area (Å²) in [6.45, 7) is 0.969. The van der Waals surface area contributed by atoms with E-state index in [1.807, 2.05) is 12.1 Å². The molecule has 1 fully saturated rings.